The molecule has 0 aliphatic rings. The van der Waals surface area contributed by atoms with Crippen LogP contribution in [-0.4, -0.2) is 36.6 Å². The number of aromatic nitrogens is 2. The van der Waals surface area contributed by atoms with Gasteiger partial charge in [-0.1, -0.05) is 18.2 Å². The zero-order valence-electron chi connectivity index (χ0n) is 19.7. The predicted octanol–water partition coefficient (Wildman–Crippen LogP) is 6.26. The molecule has 0 fully saturated rings. The van der Waals surface area contributed by atoms with Gasteiger partial charge in [0.05, 0.1) is 23.7 Å². The topological polar surface area (TPSA) is 96.7 Å². The van der Waals surface area contributed by atoms with Gasteiger partial charge in [0, 0.05) is 17.7 Å². The Morgan fingerprint density at radius 3 is 2.38 bits per heavy atom. The average molecular weight is 595 g/mol. The highest BCUT2D eigenvalue weighted by Crippen LogP contribution is 2.40. The van der Waals surface area contributed by atoms with Crippen molar-refractivity contribution >= 4 is 38.5 Å². The van der Waals surface area contributed by atoms with Crippen LogP contribution >= 0.6 is 11.3 Å². The van der Waals surface area contributed by atoms with Crippen LogP contribution in [0.2, 0.25) is 0 Å². The molecule has 0 radical (unpaired) electrons. The van der Waals surface area contributed by atoms with Crippen LogP contribution in [-0.2, 0) is 21.0 Å². The summed E-state index contributed by atoms with van der Waals surface area (Å²) in [4.78, 5) is 16.4. The first kappa shape index (κ1) is 28.2. The van der Waals surface area contributed by atoms with Crippen molar-refractivity contribution in [2.24, 2.45) is 0 Å². The summed E-state index contributed by atoms with van der Waals surface area (Å²) in [6.07, 6.45) is -4.58. The van der Waals surface area contributed by atoms with E-state index in [1.165, 1.54) is 48.1 Å². The quantitative estimate of drug-likeness (QED) is 0.108. The average Bonchev–Trinajstić information content (AvgIpc) is 3.45. The Hall–Kier alpha value is -3.79. The number of imidazole rings is 1. The molecule has 39 heavy (non-hydrogen) atoms. The largest absolute Gasteiger partial charge is 0.534 e. The third-order valence-corrected chi connectivity index (χ3v) is 7.38. The molecular weight excluding hydrogens is 578 g/mol. The molecule has 0 saturated heterocycles. The van der Waals surface area contributed by atoms with Crippen LogP contribution in [0.15, 0.2) is 54.9 Å². The third kappa shape index (κ3) is 5.66. The second kappa shape index (κ2) is 10.1. The predicted molar refractivity (Wildman–Crippen MR) is 126 cm³/mol. The van der Waals surface area contributed by atoms with Crippen LogP contribution in [0.5, 0.6) is 11.5 Å². The zero-order valence-corrected chi connectivity index (χ0v) is 21.3. The summed E-state index contributed by atoms with van der Waals surface area (Å²) >= 11 is 0.797. The summed E-state index contributed by atoms with van der Waals surface area (Å²) in [6.45, 7) is 1.36. The Kier molecular flexibility index (Phi) is 7.29. The number of rotatable bonds is 7. The van der Waals surface area contributed by atoms with Gasteiger partial charge < -0.3 is 13.7 Å². The number of hydrogen-bond donors (Lipinski definition) is 0. The smallest absolute Gasteiger partial charge is 0.484 e. The van der Waals surface area contributed by atoms with E-state index in [0.29, 0.717) is 0 Å². The van der Waals surface area contributed by atoms with Gasteiger partial charge in [-0.3, -0.25) is 4.57 Å². The first-order valence-electron chi connectivity index (χ1n) is 10.7. The number of hydrogen-bond acceptors (Lipinski definition) is 8. The van der Waals surface area contributed by atoms with Crippen LogP contribution in [0, 0.1) is 0 Å². The van der Waals surface area contributed by atoms with E-state index in [1.807, 2.05) is 0 Å². The van der Waals surface area contributed by atoms with E-state index in [9.17, 15) is 39.6 Å². The monoisotopic (exact) mass is 594 g/mol. The number of esters is 1. The lowest BCUT2D eigenvalue weighted by molar-refractivity contribution is -0.139. The molecule has 0 amide bonds. The summed E-state index contributed by atoms with van der Waals surface area (Å²) in [5.74, 6) is -1.64. The van der Waals surface area contributed by atoms with Gasteiger partial charge in [-0.25, -0.2) is 9.78 Å². The van der Waals surface area contributed by atoms with Gasteiger partial charge in [0.25, 0.3) is 0 Å². The number of carbonyl (C=O) groups is 1. The molecule has 0 aliphatic heterocycles. The molecule has 0 spiro atoms. The number of ether oxygens (including phenoxy) is 2. The molecule has 2 aromatic carbocycles. The van der Waals surface area contributed by atoms with Gasteiger partial charge in [-0.05, 0) is 25.1 Å². The van der Waals surface area contributed by atoms with Gasteiger partial charge in [0.2, 0.25) is 0 Å². The third-order valence-electron chi connectivity index (χ3n) is 5.31. The summed E-state index contributed by atoms with van der Waals surface area (Å²) in [5, 5.41) is 0.208. The van der Waals surface area contributed by atoms with E-state index in [0.717, 1.165) is 36.6 Å². The van der Waals surface area contributed by atoms with Crippen molar-refractivity contribution in [2.75, 3.05) is 7.11 Å². The molecule has 0 N–H and O–H groups in total. The van der Waals surface area contributed by atoms with Crippen molar-refractivity contribution in [2.45, 2.75) is 24.7 Å². The first-order chi connectivity index (χ1) is 18.1. The lowest BCUT2D eigenvalue weighted by atomic mass is 10.0. The Balaban J connectivity index is 1.74. The van der Waals surface area contributed by atoms with Gasteiger partial charge in [0.15, 0.2) is 4.88 Å². The number of halogens is 6. The maximum atomic E-state index is 13.5. The highest BCUT2D eigenvalue weighted by atomic mass is 32.2. The van der Waals surface area contributed by atoms with Crippen molar-refractivity contribution in [1.82, 2.24) is 9.55 Å². The van der Waals surface area contributed by atoms with Gasteiger partial charge in [-0.2, -0.15) is 34.8 Å². The second-order valence-electron chi connectivity index (χ2n) is 7.86. The minimum Gasteiger partial charge on any atom is -0.484 e. The molecule has 4 aromatic rings. The molecule has 8 nitrogen and oxygen atoms in total. The normalized spacial score (nSPS) is 13.3. The maximum absolute atomic E-state index is 13.5. The Morgan fingerprint density at radius 1 is 1.05 bits per heavy atom. The van der Waals surface area contributed by atoms with Crippen LogP contribution < -0.4 is 8.92 Å². The van der Waals surface area contributed by atoms with Crippen molar-refractivity contribution in [3.8, 4) is 16.5 Å². The number of benzene rings is 2. The van der Waals surface area contributed by atoms with Crippen molar-refractivity contribution in [1.29, 1.82) is 0 Å². The Labute approximate surface area is 220 Å². The Morgan fingerprint density at radius 2 is 1.74 bits per heavy atom. The minimum atomic E-state index is -5.94. The standard InChI is InChI=1S/C23H16F6N2O6S2/c1-12(14-5-3-4-6-15(14)22(24,25)26)36-18-10-19(38-20(18)21(32)35-2)31-11-30-16-8-7-13(9-17(16)31)37-39(33,34)23(27,28)29/h3-12H,1-2H3. The number of methoxy groups -OCH3 is 1. The molecule has 4 rings (SSSR count). The van der Waals surface area contributed by atoms with Crippen LogP contribution in [0.3, 0.4) is 0 Å². The van der Waals surface area contributed by atoms with E-state index < -0.39 is 45.2 Å². The van der Waals surface area contributed by atoms with E-state index in [4.69, 9.17) is 9.47 Å². The van der Waals surface area contributed by atoms with Gasteiger partial charge in [-0.15, -0.1) is 11.3 Å². The molecule has 0 saturated carbocycles. The van der Waals surface area contributed by atoms with Crippen molar-refractivity contribution in [3.63, 3.8) is 0 Å². The van der Waals surface area contributed by atoms with Crippen LogP contribution in [0.25, 0.3) is 16.0 Å². The first-order valence-corrected chi connectivity index (χ1v) is 12.9. The molecule has 0 aliphatic carbocycles. The van der Waals surface area contributed by atoms with E-state index in [1.54, 1.807) is 0 Å². The summed E-state index contributed by atoms with van der Waals surface area (Å²) < 4.78 is 118. The SMILES string of the molecule is COC(=O)c1sc(-n2cnc3ccc(OS(=O)(=O)C(F)(F)F)cc32)cc1OC(C)c1ccccc1C(F)(F)F. The second-order valence-corrected chi connectivity index (χ2v) is 10.4. The van der Waals surface area contributed by atoms with Crippen LogP contribution in [0.4, 0.5) is 26.3 Å². The molecule has 208 valence electrons. The number of fused-ring (bicyclic) bond motifs is 1. The number of carbonyl (C=O) groups excluding carboxylic acids is 1. The molecule has 16 heteroatoms. The summed E-state index contributed by atoms with van der Waals surface area (Å²) in [5.41, 5.74) is -6.43. The number of thiophene rings is 1. The molecular formula is C23H16F6N2O6S2. The van der Waals surface area contributed by atoms with Gasteiger partial charge in [0.1, 0.15) is 28.9 Å². The van der Waals surface area contributed by atoms with Crippen molar-refractivity contribution in [3.05, 3.63) is 70.9 Å². The summed E-state index contributed by atoms with van der Waals surface area (Å²) in [7, 11) is -4.85. The minimum absolute atomic E-state index is 0.101. The molecule has 1 atom stereocenters. The fourth-order valence-electron chi connectivity index (χ4n) is 3.56. The number of alkyl halides is 6. The summed E-state index contributed by atoms with van der Waals surface area (Å²) in [6, 6.07) is 9.26. The molecule has 0 bridgehead atoms. The maximum Gasteiger partial charge on any atom is 0.534 e. The molecule has 1 unspecified atom stereocenters. The van der Waals surface area contributed by atoms with Crippen molar-refractivity contribution < 1.29 is 53.2 Å². The van der Waals surface area contributed by atoms with Gasteiger partial charge >= 0.3 is 27.8 Å². The molecule has 2 heterocycles. The Bertz CT molecular complexity index is 1640. The van der Waals surface area contributed by atoms with E-state index in [2.05, 4.69) is 9.17 Å². The van der Waals surface area contributed by atoms with E-state index >= 15 is 0 Å². The van der Waals surface area contributed by atoms with E-state index in [-0.39, 0.29) is 32.2 Å². The fraction of sp³-hybridized carbons (Fsp3) is 0.217. The number of nitrogens with zero attached hydrogens (tertiary/aromatic N) is 2. The zero-order chi connectivity index (χ0) is 28.8. The molecule has 2 aromatic heterocycles. The highest BCUT2D eigenvalue weighted by Gasteiger charge is 2.48. The highest BCUT2D eigenvalue weighted by molar-refractivity contribution is 7.88. The fourth-order valence-corrected chi connectivity index (χ4v) is 5.00. The lowest BCUT2D eigenvalue weighted by Gasteiger charge is -2.19. The van der Waals surface area contributed by atoms with Crippen LogP contribution in [0.1, 0.15) is 33.8 Å². The lowest BCUT2D eigenvalue weighted by Crippen LogP contribution is -2.28.